The zero-order valence-electron chi connectivity index (χ0n) is 12.0. The van der Waals surface area contributed by atoms with Crippen LogP contribution in [-0.4, -0.2) is 29.6 Å². The van der Waals surface area contributed by atoms with Gasteiger partial charge in [-0.2, -0.15) is 0 Å². The van der Waals surface area contributed by atoms with Crippen molar-refractivity contribution in [3.05, 3.63) is 54.0 Å². The van der Waals surface area contributed by atoms with Crippen LogP contribution in [0.1, 0.15) is 16.8 Å². The summed E-state index contributed by atoms with van der Waals surface area (Å²) in [6, 6.07) is 8.42. The van der Waals surface area contributed by atoms with Crippen LogP contribution in [0.3, 0.4) is 0 Å². The van der Waals surface area contributed by atoms with Gasteiger partial charge in [0.15, 0.2) is 17.7 Å². The lowest BCUT2D eigenvalue weighted by Gasteiger charge is -2.24. The summed E-state index contributed by atoms with van der Waals surface area (Å²) < 4.78 is 23.4. The molecule has 0 saturated carbocycles. The van der Waals surface area contributed by atoms with Gasteiger partial charge in [-0.3, -0.25) is 4.79 Å². The van der Waals surface area contributed by atoms with E-state index in [2.05, 4.69) is 10.3 Å². The molecule has 1 atom stereocenters. The first kappa shape index (κ1) is 15.0. The number of carbonyl (C=O) groups excluding carboxylic acids is 2. The molecule has 0 fully saturated rings. The van der Waals surface area contributed by atoms with E-state index in [1.54, 1.807) is 18.3 Å². The van der Waals surface area contributed by atoms with E-state index in [0.29, 0.717) is 11.6 Å². The zero-order valence-corrected chi connectivity index (χ0v) is 12.0. The predicted molar refractivity (Wildman–Crippen MR) is 78.6 cm³/mol. The molecule has 1 aliphatic rings. The Morgan fingerprint density at radius 1 is 1.30 bits per heavy atom. The van der Waals surface area contributed by atoms with Gasteiger partial charge in [0.25, 0.3) is 5.91 Å². The molecule has 0 bridgehead atoms. The average molecular weight is 316 g/mol. The summed E-state index contributed by atoms with van der Waals surface area (Å²) in [5, 5.41) is 2.63. The van der Waals surface area contributed by atoms with Crippen LogP contribution in [-0.2, 0) is 9.53 Å². The van der Waals surface area contributed by atoms with Crippen LogP contribution < -0.4 is 10.1 Å². The van der Waals surface area contributed by atoms with Crippen molar-refractivity contribution < 1.29 is 23.5 Å². The maximum Gasteiger partial charge on any atom is 0.338 e. The summed E-state index contributed by atoms with van der Waals surface area (Å²) in [7, 11) is 0. The molecule has 7 heteroatoms. The van der Waals surface area contributed by atoms with E-state index >= 15 is 0 Å². The second-order valence-electron chi connectivity index (χ2n) is 4.88. The topological polar surface area (TPSA) is 77.5 Å². The van der Waals surface area contributed by atoms with Crippen LogP contribution in [0.4, 0.5) is 10.2 Å². The number of fused-ring (bicyclic) bond motifs is 1. The first-order valence-corrected chi connectivity index (χ1v) is 6.99. The van der Waals surface area contributed by atoms with Crippen LogP contribution >= 0.6 is 0 Å². The maximum absolute atomic E-state index is 12.8. The number of nitrogens with one attached hydrogen (secondary N) is 1. The Bertz CT molecular complexity index is 733. The number of hydrogen-bond acceptors (Lipinski definition) is 5. The van der Waals surface area contributed by atoms with Crippen LogP contribution in [0.15, 0.2) is 42.6 Å². The molecule has 0 unspecified atom stereocenters. The van der Waals surface area contributed by atoms with E-state index < -0.39 is 17.9 Å². The molecule has 2 aromatic rings. The van der Waals surface area contributed by atoms with Crippen LogP contribution in [0.5, 0.6) is 5.75 Å². The van der Waals surface area contributed by atoms with Crippen molar-refractivity contribution in [2.45, 2.75) is 12.5 Å². The molecule has 118 valence electrons. The highest BCUT2D eigenvalue weighted by Gasteiger charge is 2.28. The van der Waals surface area contributed by atoms with Gasteiger partial charge in [0, 0.05) is 12.6 Å². The van der Waals surface area contributed by atoms with Crippen molar-refractivity contribution in [3.8, 4) is 5.75 Å². The summed E-state index contributed by atoms with van der Waals surface area (Å²) in [4.78, 5) is 27.6. The van der Waals surface area contributed by atoms with Crippen molar-refractivity contribution in [1.29, 1.82) is 0 Å². The number of aromatic nitrogens is 1. The minimum absolute atomic E-state index is 0.00386. The number of hydrogen-bond donors (Lipinski definition) is 1. The van der Waals surface area contributed by atoms with Crippen molar-refractivity contribution in [1.82, 2.24) is 4.98 Å². The first-order valence-electron chi connectivity index (χ1n) is 6.99. The number of nitrogens with zero attached hydrogens (tertiary/aromatic N) is 1. The lowest BCUT2D eigenvalue weighted by molar-refractivity contribution is -0.124. The van der Waals surface area contributed by atoms with Gasteiger partial charge in [0.2, 0.25) is 0 Å². The standard InChI is InChI=1S/C16H13FN2O4/c17-11-5-3-10(4-6-11)16(21)22-9-7-13-15(20)19-14-12(23-13)2-1-8-18-14/h1-6,8,13H,7,9H2,(H,18,19,20)/t13-/m1/s1. The Kier molecular flexibility index (Phi) is 4.18. The second kappa shape index (κ2) is 6.43. The summed E-state index contributed by atoms with van der Waals surface area (Å²) in [6.07, 6.45) is 0.994. The average Bonchev–Trinajstić information content (AvgIpc) is 2.56. The minimum Gasteiger partial charge on any atom is -0.477 e. The smallest absolute Gasteiger partial charge is 0.338 e. The Hall–Kier alpha value is -2.96. The fraction of sp³-hybridized carbons (Fsp3) is 0.188. The number of amides is 1. The molecule has 0 saturated heterocycles. The number of esters is 1. The Morgan fingerprint density at radius 2 is 2.09 bits per heavy atom. The number of anilines is 1. The molecular formula is C16H13FN2O4. The zero-order chi connectivity index (χ0) is 16.2. The summed E-state index contributed by atoms with van der Waals surface area (Å²) in [6.45, 7) is 0.00386. The number of halogens is 1. The van der Waals surface area contributed by atoms with Gasteiger partial charge in [0.05, 0.1) is 12.2 Å². The Morgan fingerprint density at radius 3 is 2.87 bits per heavy atom. The molecule has 1 aromatic carbocycles. The van der Waals surface area contributed by atoms with Crippen LogP contribution in [0.2, 0.25) is 0 Å². The van der Waals surface area contributed by atoms with Gasteiger partial charge in [-0.15, -0.1) is 0 Å². The summed E-state index contributed by atoms with van der Waals surface area (Å²) >= 11 is 0. The van der Waals surface area contributed by atoms with Gasteiger partial charge in [-0.05, 0) is 36.4 Å². The summed E-state index contributed by atoms with van der Waals surface area (Å²) in [5.41, 5.74) is 0.245. The molecular weight excluding hydrogens is 303 g/mol. The van der Waals surface area contributed by atoms with Gasteiger partial charge in [-0.1, -0.05) is 0 Å². The maximum atomic E-state index is 12.8. The predicted octanol–water partition coefficient (Wildman–Crippen LogP) is 2.17. The highest BCUT2D eigenvalue weighted by Crippen LogP contribution is 2.27. The highest BCUT2D eigenvalue weighted by atomic mass is 19.1. The molecule has 23 heavy (non-hydrogen) atoms. The third-order valence-corrected chi connectivity index (χ3v) is 3.27. The second-order valence-corrected chi connectivity index (χ2v) is 4.88. The molecule has 1 aromatic heterocycles. The first-order chi connectivity index (χ1) is 11.1. The van der Waals surface area contributed by atoms with E-state index in [1.807, 2.05) is 0 Å². The molecule has 0 spiro atoms. The quantitative estimate of drug-likeness (QED) is 0.875. The van der Waals surface area contributed by atoms with Crippen molar-refractivity contribution in [2.75, 3.05) is 11.9 Å². The van der Waals surface area contributed by atoms with Gasteiger partial charge in [0.1, 0.15) is 5.82 Å². The van der Waals surface area contributed by atoms with E-state index in [9.17, 15) is 14.0 Å². The van der Waals surface area contributed by atoms with Crippen LogP contribution in [0, 0.1) is 5.82 Å². The molecule has 3 rings (SSSR count). The van der Waals surface area contributed by atoms with Crippen molar-refractivity contribution in [2.24, 2.45) is 0 Å². The lowest BCUT2D eigenvalue weighted by atomic mass is 10.2. The molecule has 0 aliphatic carbocycles. The molecule has 1 N–H and O–H groups in total. The number of carbonyl (C=O) groups is 2. The third-order valence-electron chi connectivity index (χ3n) is 3.27. The van der Waals surface area contributed by atoms with E-state index in [4.69, 9.17) is 9.47 Å². The normalized spacial score (nSPS) is 16.0. The molecule has 0 radical (unpaired) electrons. The number of rotatable bonds is 4. The van der Waals surface area contributed by atoms with Crippen molar-refractivity contribution >= 4 is 17.7 Å². The number of benzene rings is 1. The fourth-order valence-electron chi connectivity index (χ4n) is 2.10. The van der Waals surface area contributed by atoms with Gasteiger partial charge in [-0.25, -0.2) is 14.2 Å². The monoisotopic (exact) mass is 316 g/mol. The van der Waals surface area contributed by atoms with E-state index in [-0.39, 0.29) is 24.5 Å². The highest BCUT2D eigenvalue weighted by molar-refractivity contribution is 5.96. The largest absolute Gasteiger partial charge is 0.477 e. The Balaban J connectivity index is 1.54. The molecule has 6 nitrogen and oxygen atoms in total. The number of ether oxygens (including phenoxy) is 2. The third kappa shape index (κ3) is 3.45. The number of pyridine rings is 1. The van der Waals surface area contributed by atoms with E-state index in [1.165, 1.54) is 24.3 Å². The SMILES string of the molecule is O=C(OCC[C@H]1Oc2cccnc2NC1=O)c1ccc(F)cc1. The Labute approximate surface area is 131 Å². The molecule has 1 aliphatic heterocycles. The summed E-state index contributed by atoms with van der Waals surface area (Å²) in [5.74, 6) is -0.502. The molecule has 2 heterocycles. The van der Waals surface area contributed by atoms with E-state index in [0.717, 1.165) is 0 Å². The van der Waals surface area contributed by atoms with Gasteiger partial charge < -0.3 is 14.8 Å². The minimum atomic E-state index is -0.757. The van der Waals surface area contributed by atoms with Gasteiger partial charge >= 0.3 is 5.97 Å². The van der Waals surface area contributed by atoms with Crippen LogP contribution in [0.25, 0.3) is 0 Å². The van der Waals surface area contributed by atoms with Crippen molar-refractivity contribution in [3.63, 3.8) is 0 Å². The molecule has 1 amide bonds. The fourth-order valence-corrected chi connectivity index (χ4v) is 2.10. The lowest BCUT2D eigenvalue weighted by Crippen LogP contribution is -2.38.